The predicted molar refractivity (Wildman–Crippen MR) is 82.5 cm³/mol. The van der Waals surface area contributed by atoms with Crippen LogP contribution in [0.5, 0.6) is 5.75 Å². The average Bonchev–Trinajstić information content (AvgIpc) is 2.76. The van der Waals surface area contributed by atoms with E-state index in [2.05, 4.69) is 21.0 Å². The molecule has 0 aliphatic heterocycles. The molecule has 0 aliphatic carbocycles. The number of nitrogens with two attached hydrogens (primary N) is 1. The van der Waals surface area contributed by atoms with Gasteiger partial charge in [-0.1, -0.05) is 15.9 Å². The molecule has 0 spiro atoms. The molecule has 0 bridgehead atoms. The van der Waals surface area contributed by atoms with E-state index in [-0.39, 0.29) is 17.3 Å². The Morgan fingerprint density at radius 1 is 1.38 bits per heavy atom. The lowest BCUT2D eigenvalue weighted by Gasteiger charge is -2.11. The smallest absolute Gasteiger partial charge is 0.241 e. The average molecular weight is 374 g/mol. The maximum absolute atomic E-state index is 11.6. The van der Waals surface area contributed by atoms with Gasteiger partial charge in [0.05, 0.1) is 11.4 Å². The van der Waals surface area contributed by atoms with Crippen molar-refractivity contribution >= 4 is 26.0 Å². The molecule has 2 N–H and O–H groups in total. The Morgan fingerprint density at radius 3 is 2.71 bits per heavy atom. The van der Waals surface area contributed by atoms with Crippen LogP contribution in [0.25, 0.3) is 0 Å². The van der Waals surface area contributed by atoms with Crippen molar-refractivity contribution in [1.29, 1.82) is 0 Å². The fraction of sp³-hybridized carbons (Fsp3) is 0.308. The number of halogens is 1. The van der Waals surface area contributed by atoms with Gasteiger partial charge in [-0.05, 0) is 38.1 Å². The lowest BCUT2D eigenvalue weighted by molar-refractivity contribution is 0.285. The van der Waals surface area contributed by atoms with Gasteiger partial charge in [-0.25, -0.2) is 13.6 Å². The molecule has 21 heavy (non-hydrogen) atoms. The van der Waals surface area contributed by atoms with Crippen LogP contribution in [-0.2, 0) is 23.2 Å². The number of hydrogen-bond acceptors (Lipinski definition) is 4. The predicted octanol–water partition coefficient (Wildman–Crippen LogP) is 2.20. The second-order valence-corrected chi connectivity index (χ2v) is 6.96. The van der Waals surface area contributed by atoms with Crippen LogP contribution in [0.4, 0.5) is 0 Å². The van der Waals surface area contributed by atoms with Crippen molar-refractivity contribution in [1.82, 2.24) is 9.78 Å². The van der Waals surface area contributed by atoms with Crippen LogP contribution in [0.2, 0.25) is 0 Å². The minimum Gasteiger partial charge on any atom is -0.486 e. The summed E-state index contributed by atoms with van der Waals surface area (Å²) in [7, 11) is -3.85. The molecule has 8 heteroatoms. The van der Waals surface area contributed by atoms with Crippen LogP contribution < -0.4 is 9.88 Å². The lowest BCUT2D eigenvalue weighted by Crippen LogP contribution is -2.14. The van der Waals surface area contributed by atoms with Crippen molar-refractivity contribution in [2.45, 2.75) is 31.9 Å². The topological polar surface area (TPSA) is 87.2 Å². The first-order valence-electron chi connectivity index (χ1n) is 6.29. The van der Waals surface area contributed by atoms with E-state index in [1.807, 2.05) is 24.6 Å². The Kier molecular flexibility index (Phi) is 4.70. The van der Waals surface area contributed by atoms with E-state index in [0.717, 1.165) is 17.9 Å². The summed E-state index contributed by atoms with van der Waals surface area (Å²) in [4.78, 5) is -0.0452. The molecule has 2 rings (SSSR count). The highest BCUT2D eigenvalue weighted by Gasteiger charge is 2.16. The Labute approximate surface area is 132 Å². The zero-order valence-electron chi connectivity index (χ0n) is 11.7. The molecule has 1 aromatic heterocycles. The standard InChI is InChI=1S/C13H16BrN3O3S/c1-3-17-11(6-9(2)16-17)8-20-12-5-4-10(14)7-13(12)21(15,18)19/h4-7H,3,8H2,1-2H3,(H2,15,18,19). The number of aryl methyl sites for hydroxylation is 2. The van der Waals surface area contributed by atoms with Gasteiger partial charge in [-0.2, -0.15) is 5.10 Å². The molecule has 0 radical (unpaired) electrons. The summed E-state index contributed by atoms with van der Waals surface area (Å²) < 4.78 is 31.3. The van der Waals surface area contributed by atoms with Gasteiger partial charge in [-0.15, -0.1) is 0 Å². The van der Waals surface area contributed by atoms with Crippen LogP contribution in [-0.4, -0.2) is 18.2 Å². The first-order chi connectivity index (χ1) is 9.81. The van der Waals surface area contributed by atoms with Crippen LogP contribution in [0.3, 0.4) is 0 Å². The van der Waals surface area contributed by atoms with E-state index in [0.29, 0.717) is 4.47 Å². The van der Waals surface area contributed by atoms with Gasteiger partial charge in [0, 0.05) is 11.0 Å². The van der Waals surface area contributed by atoms with E-state index < -0.39 is 10.0 Å². The SMILES string of the molecule is CCn1nc(C)cc1COc1ccc(Br)cc1S(N)(=O)=O. The molecule has 0 saturated heterocycles. The Bertz CT molecular complexity index is 756. The highest BCUT2D eigenvalue weighted by Crippen LogP contribution is 2.27. The molecule has 0 atom stereocenters. The molecule has 0 amide bonds. The van der Waals surface area contributed by atoms with Gasteiger partial charge in [-0.3, -0.25) is 4.68 Å². The molecule has 2 aromatic rings. The minimum atomic E-state index is -3.85. The largest absolute Gasteiger partial charge is 0.486 e. The fourth-order valence-electron chi connectivity index (χ4n) is 1.96. The number of primary sulfonamides is 1. The monoisotopic (exact) mass is 373 g/mol. The summed E-state index contributed by atoms with van der Waals surface area (Å²) in [5.41, 5.74) is 1.76. The Morgan fingerprint density at radius 2 is 2.10 bits per heavy atom. The molecule has 114 valence electrons. The lowest BCUT2D eigenvalue weighted by atomic mass is 10.3. The van der Waals surface area contributed by atoms with Gasteiger partial charge in [0.2, 0.25) is 10.0 Å². The summed E-state index contributed by atoms with van der Waals surface area (Å²) in [6.45, 7) is 4.81. The van der Waals surface area contributed by atoms with Gasteiger partial charge in [0.1, 0.15) is 17.3 Å². The highest BCUT2D eigenvalue weighted by molar-refractivity contribution is 9.10. The molecular weight excluding hydrogens is 358 g/mol. The third-order valence-corrected chi connectivity index (χ3v) is 4.30. The van der Waals surface area contributed by atoms with E-state index in [1.165, 1.54) is 6.07 Å². The van der Waals surface area contributed by atoms with Gasteiger partial charge < -0.3 is 4.74 Å². The van der Waals surface area contributed by atoms with E-state index in [9.17, 15) is 8.42 Å². The van der Waals surface area contributed by atoms with E-state index >= 15 is 0 Å². The summed E-state index contributed by atoms with van der Waals surface area (Å²) in [5, 5.41) is 9.52. The van der Waals surface area contributed by atoms with Crippen molar-refractivity contribution in [2.24, 2.45) is 5.14 Å². The van der Waals surface area contributed by atoms with E-state index in [1.54, 1.807) is 12.1 Å². The maximum atomic E-state index is 11.6. The molecule has 1 aromatic carbocycles. The highest BCUT2D eigenvalue weighted by atomic mass is 79.9. The number of aromatic nitrogens is 2. The number of sulfonamides is 1. The van der Waals surface area contributed by atoms with Crippen molar-refractivity contribution in [3.63, 3.8) is 0 Å². The minimum absolute atomic E-state index is 0.0452. The molecule has 1 heterocycles. The van der Waals surface area contributed by atoms with Crippen LogP contribution >= 0.6 is 15.9 Å². The quantitative estimate of drug-likeness (QED) is 0.869. The summed E-state index contributed by atoms with van der Waals surface area (Å²) in [5.74, 6) is 0.224. The zero-order valence-corrected chi connectivity index (χ0v) is 14.1. The number of nitrogens with zero attached hydrogens (tertiary/aromatic N) is 2. The first kappa shape index (κ1) is 16.0. The molecule has 0 unspecified atom stereocenters. The molecule has 0 saturated carbocycles. The van der Waals surface area contributed by atoms with Gasteiger partial charge >= 0.3 is 0 Å². The first-order valence-corrected chi connectivity index (χ1v) is 8.63. The second-order valence-electron chi connectivity index (χ2n) is 4.52. The number of hydrogen-bond donors (Lipinski definition) is 1. The molecule has 0 aliphatic rings. The Balaban J connectivity index is 2.28. The number of benzene rings is 1. The van der Waals surface area contributed by atoms with Gasteiger partial charge in [0.25, 0.3) is 0 Å². The molecule has 0 fully saturated rings. The van der Waals surface area contributed by atoms with Crippen molar-refractivity contribution in [3.05, 3.63) is 40.1 Å². The third-order valence-electron chi connectivity index (χ3n) is 2.87. The number of rotatable bonds is 5. The molecular formula is C13H16BrN3O3S. The second kappa shape index (κ2) is 6.17. The Hall–Kier alpha value is -1.38. The fourth-order valence-corrected chi connectivity index (χ4v) is 3.18. The van der Waals surface area contributed by atoms with Crippen LogP contribution in [0.1, 0.15) is 18.3 Å². The van der Waals surface area contributed by atoms with Crippen LogP contribution in [0.15, 0.2) is 33.6 Å². The normalized spacial score (nSPS) is 11.6. The third kappa shape index (κ3) is 3.84. The zero-order chi connectivity index (χ0) is 15.6. The molecule has 6 nitrogen and oxygen atoms in total. The van der Waals surface area contributed by atoms with Crippen molar-refractivity contribution < 1.29 is 13.2 Å². The number of ether oxygens (including phenoxy) is 1. The maximum Gasteiger partial charge on any atom is 0.241 e. The van der Waals surface area contributed by atoms with E-state index in [4.69, 9.17) is 9.88 Å². The van der Waals surface area contributed by atoms with Gasteiger partial charge in [0.15, 0.2) is 0 Å². The van der Waals surface area contributed by atoms with Crippen LogP contribution in [0, 0.1) is 6.92 Å². The summed E-state index contributed by atoms with van der Waals surface area (Å²) in [6, 6.07) is 6.60. The van der Waals surface area contributed by atoms with Crippen molar-refractivity contribution in [3.8, 4) is 5.75 Å². The summed E-state index contributed by atoms with van der Waals surface area (Å²) >= 11 is 3.22. The summed E-state index contributed by atoms with van der Waals surface area (Å²) in [6.07, 6.45) is 0. The van der Waals surface area contributed by atoms with Crippen molar-refractivity contribution in [2.75, 3.05) is 0 Å².